The number of benzene rings is 1. The molecule has 0 fully saturated rings. The van der Waals surface area contributed by atoms with E-state index in [9.17, 15) is 35.9 Å². The molecule has 1 N–H and O–H groups in total. The van der Waals surface area contributed by atoms with E-state index in [1.54, 1.807) is 13.8 Å². The highest BCUT2D eigenvalue weighted by molar-refractivity contribution is 5.91. The molecular formula is C21H16F6N6O2. The highest BCUT2D eigenvalue weighted by Crippen LogP contribution is 2.32. The molecule has 14 heteroatoms. The molecule has 0 aliphatic carbocycles. The van der Waals surface area contributed by atoms with Crippen LogP contribution < -0.4 is 10.9 Å². The fraction of sp³-hybridized carbons (Fsp3) is 0.286. The molecule has 35 heavy (non-hydrogen) atoms. The second-order valence-corrected chi connectivity index (χ2v) is 7.98. The van der Waals surface area contributed by atoms with Crippen molar-refractivity contribution in [1.29, 1.82) is 0 Å². The van der Waals surface area contributed by atoms with E-state index < -0.39 is 41.8 Å². The number of alkyl halides is 6. The van der Waals surface area contributed by atoms with Crippen molar-refractivity contribution >= 4 is 28.0 Å². The molecule has 4 rings (SSSR count). The van der Waals surface area contributed by atoms with E-state index >= 15 is 0 Å². The summed E-state index contributed by atoms with van der Waals surface area (Å²) in [5.74, 6) is -2.45. The molecule has 184 valence electrons. The fourth-order valence-electron chi connectivity index (χ4n) is 3.52. The van der Waals surface area contributed by atoms with Gasteiger partial charge in [0.1, 0.15) is 6.54 Å². The average molecular weight is 498 g/mol. The average Bonchev–Trinajstić information content (AvgIpc) is 3.18. The van der Waals surface area contributed by atoms with Gasteiger partial charge in [-0.15, -0.1) is 10.2 Å². The monoisotopic (exact) mass is 498 g/mol. The van der Waals surface area contributed by atoms with Crippen molar-refractivity contribution < 1.29 is 31.1 Å². The minimum Gasteiger partial charge on any atom is -0.323 e. The Morgan fingerprint density at radius 3 is 2.34 bits per heavy atom. The van der Waals surface area contributed by atoms with Crippen LogP contribution in [0.2, 0.25) is 0 Å². The van der Waals surface area contributed by atoms with Crippen molar-refractivity contribution in [3.8, 4) is 0 Å². The Morgan fingerprint density at radius 2 is 1.71 bits per heavy atom. The third-order valence-electron chi connectivity index (χ3n) is 5.10. The Hall–Kier alpha value is -3.97. The third kappa shape index (κ3) is 4.68. The summed E-state index contributed by atoms with van der Waals surface area (Å²) in [6, 6.07) is 5.16. The van der Waals surface area contributed by atoms with Crippen LogP contribution in [0, 0.1) is 0 Å². The molecule has 0 radical (unpaired) electrons. The highest BCUT2D eigenvalue weighted by Gasteiger charge is 2.37. The Labute approximate surface area is 192 Å². The van der Waals surface area contributed by atoms with Gasteiger partial charge in [0.05, 0.1) is 22.3 Å². The summed E-state index contributed by atoms with van der Waals surface area (Å²) in [7, 11) is 0. The van der Waals surface area contributed by atoms with E-state index in [1.165, 1.54) is 12.1 Å². The van der Waals surface area contributed by atoms with Crippen molar-refractivity contribution in [2.75, 3.05) is 5.32 Å². The van der Waals surface area contributed by atoms with E-state index in [-0.39, 0.29) is 33.7 Å². The van der Waals surface area contributed by atoms with Gasteiger partial charge in [-0.25, -0.2) is 4.68 Å². The van der Waals surface area contributed by atoms with Crippen LogP contribution >= 0.6 is 0 Å². The van der Waals surface area contributed by atoms with Crippen LogP contribution in [-0.4, -0.2) is 30.3 Å². The van der Waals surface area contributed by atoms with Gasteiger partial charge in [-0.2, -0.15) is 31.4 Å². The SMILES string of the molecule is CC(C)c1nn(CC(=O)Nc2ccc3nnc(C(F)(F)F)n3c2)c(=O)c2ccc(C(F)(F)F)cc12. The Balaban J connectivity index is 1.67. The second kappa shape index (κ2) is 8.36. The maximum atomic E-state index is 13.1. The first-order valence-electron chi connectivity index (χ1n) is 10.1. The van der Waals surface area contributed by atoms with Gasteiger partial charge < -0.3 is 5.32 Å². The van der Waals surface area contributed by atoms with Crippen molar-refractivity contribution in [3.05, 3.63) is 64.0 Å². The van der Waals surface area contributed by atoms with Crippen LogP contribution in [-0.2, 0) is 23.7 Å². The summed E-state index contributed by atoms with van der Waals surface area (Å²) in [6.07, 6.45) is -8.41. The summed E-state index contributed by atoms with van der Waals surface area (Å²) in [6.45, 7) is 2.72. The number of nitrogens with one attached hydrogen (secondary N) is 1. The van der Waals surface area contributed by atoms with E-state index in [2.05, 4.69) is 20.6 Å². The quantitative estimate of drug-likeness (QED) is 0.425. The molecule has 0 unspecified atom stereocenters. The molecule has 0 aliphatic rings. The predicted octanol–water partition coefficient (Wildman–Crippen LogP) is 4.24. The first kappa shape index (κ1) is 24.2. The van der Waals surface area contributed by atoms with Gasteiger partial charge in [0.15, 0.2) is 5.65 Å². The molecule has 4 aromatic rings. The summed E-state index contributed by atoms with van der Waals surface area (Å²) in [4.78, 5) is 25.4. The number of hydrogen-bond donors (Lipinski definition) is 1. The number of pyridine rings is 1. The maximum Gasteiger partial charge on any atom is 0.452 e. The number of anilines is 1. The zero-order valence-electron chi connectivity index (χ0n) is 18.1. The molecule has 0 aliphatic heterocycles. The summed E-state index contributed by atoms with van der Waals surface area (Å²) in [5.41, 5.74) is -1.67. The number of hydrogen-bond acceptors (Lipinski definition) is 5. The Bertz CT molecular complexity index is 1500. The largest absolute Gasteiger partial charge is 0.452 e. The maximum absolute atomic E-state index is 13.1. The minimum atomic E-state index is -4.77. The lowest BCUT2D eigenvalue weighted by molar-refractivity contribution is -0.145. The molecule has 0 saturated carbocycles. The molecule has 0 spiro atoms. The van der Waals surface area contributed by atoms with Crippen LogP contribution in [0.25, 0.3) is 16.4 Å². The number of carbonyl (C=O) groups excluding carboxylic acids is 1. The van der Waals surface area contributed by atoms with Gasteiger partial charge in [-0.3, -0.25) is 14.0 Å². The number of aromatic nitrogens is 5. The first-order chi connectivity index (χ1) is 16.3. The smallest absolute Gasteiger partial charge is 0.323 e. The lowest BCUT2D eigenvalue weighted by Gasteiger charge is -2.15. The van der Waals surface area contributed by atoms with Gasteiger partial charge in [0.2, 0.25) is 11.7 Å². The van der Waals surface area contributed by atoms with Crippen LogP contribution in [0.3, 0.4) is 0 Å². The number of nitrogens with zero attached hydrogens (tertiary/aromatic N) is 5. The third-order valence-corrected chi connectivity index (χ3v) is 5.10. The number of halogens is 6. The van der Waals surface area contributed by atoms with Crippen molar-refractivity contribution in [1.82, 2.24) is 24.4 Å². The second-order valence-electron chi connectivity index (χ2n) is 7.98. The van der Waals surface area contributed by atoms with Crippen LogP contribution in [0.5, 0.6) is 0 Å². The molecule has 3 heterocycles. The lowest BCUT2D eigenvalue weighted by atomic mass is 10.0. The molecule has 1 amide bonds. The highest BCUT2D eigenvalue weighted by atomic mass is 19.4. The first-order valence-corrected chi connectivity index (χ1v) is 10.1. The van der Waals surface area contributed by atoms with E-state index in [4.69, 9.17) is 0 Å². The van der Waals surface area contributed by atoms with Crippen LogP contribution in [0.15, 0.2) is 41.3 Å². The van der Waals surface area contributed by atoms with Crippen molar-refractivity contribution in [2.24, 2.45) is 0 Å². The molecule has 8 nitrogen and oxygen atoms in total. The van der Waals surface area contributed by atoms with Gasteiger partial charge >= 0.3 is 12.4 Å². The minimum absolute atomic E-state index is 0.0224. The zero-order valence-corrected chi connectivity index (χ0v) is 18.1. The molecule has 0 atom stereocenters. The fourth-order valence-corrected chi connectivity index (χ4v) is 3.52. The molecule has 3 aromatic heterocycles. The zero-order chi connectivity index (χ0) is 25.7. The topological polar surface area (TPSA) is 94.2 Å². The number of fused-ring (bicyclic) bond motifs is 2. The number of amides is 1. The van der Waals surface area contributed by atoms with Gasteiger partial charge in [-0.1, -0.05) is 13.8 Å². The van der Waals surface area contributed by atoms with Gasteiger partial charge in [-0.05, 0) is 36.2 Å². The van der Waals surface area contributed by atoms with Crippen LogP contribution in [0.1, 0.15) is 36.8 Å². The lowest BCUT2D eigenvalue weighted by Crippen LogP contribution is -2.31. The van der Waals surface area contributed by atoms with E-state index in [0.29, 0.717) is 4.40 Å². The Kier molecular flexibility index (Phi) is 5.77. The number of carbonyl (C=O) groups is 1. The predicted molar refractivity (Wildman–Crippen MR) is 112 cm³/mol. The molecule has 1 aromatic carbocycles. The summed E-state index contributed by atoms with van der Waals surface area (Å²) in [5, 5.41) is 12.9. The van der Waals surface area contributed by atoms with Gasteiger partial charge in [0, 0.05) is 11.6 Å². The molecule has 0 bridgehead atoms. The van der Waals surface area contributed by atoms with Crippen molar-refractivity contribution in [2.45, 2.75) is 38.7 Å². The number of rotatable bonds is 4. The normalized spacial score (nSPS) is 12.6. The Morgan fingerprint density at radius 1 is 1.00 bits per heavy atom. The van der Waals surface area contributed by atoms with Gasteiger partial charge in [0.25, 0.3) is 5.56 Å². The molecular weight excluding hydrogens is 482 g/mol. The molecule has 0 saturated heterocycles. The van der Waals surface area contributed by atoms with E-state index in [0.717, 1.165) is 29.1 Å². The summed E-state index contributed by atoms with van der Waals surface area (Å²) >= 11 is 0. The van der Waals surface area contributed by atoms with Crippen molar-refractivity contribution in [3.63, 3.8) is 0 Å². The standard InChI is InChI=1S/C21H16F6N6O2/c1-10(2)17-14-7-11(20(22,23)24)3-5-13(14)18(35)33(31-17)9-16(34)28-12-4-6-15-29-30-19(21(25,26)27)32(15)8-12/h3-8,10H,9H2,1-2H3,(H,28,34). The van der Waals surface area contributed by atoms with Crippen LogP contribution in [0.4, 0.5) is 32.0 Å². The van der Waals surface area contributed by atoms with E-state index in [1.807, 2.05) is 0 Å². The summed E-state index contributed by atoms with van der Waals surface area (Å²) < 4.78 is 80.1.